The van der Waals surface area contributed by atoms with Crippen LogP contribution < -0.4 is 5.32 Å². The van der Waals surface area contributed by atoms with Crippen molar-refractivity contribution in [3.05, 3.63) is 47.3 Å². The number of carbonyl (C=O) groups excluding carboxylic acids is 1. The second-order valence-electron chi connectivity index (χ2n) is 4.13. The molecule has 96 valence electrons. The van der Waals surface area contributed by atoms with E-state index >= 15 is 0 Å². The van der Waals surface area contributed by atoms with Crippen molar-refractivity contribution in [2.75, 3.05) is 6.54 Å². The first-order valence-electron chi connectivity index (χ1n) is 6.00. The third-order valence-corrected chi connectivity index (χ3v) is 2.74. The van der Waals surface area contributed by atoms with Crippen molar-refractivity contribution in [2.45, 2.75) is 13.8 Å². The van der Waals surface area contributed by atoms with Crippen LogP contribution in [0, 0.1) is 18.3 Å². The lowest BCUT2D eigenvalue weighted by Gasteiger charge is -2.04. The third-order valence-electron chi connectivity index (χ3n) is 2.74. The molecule has 0 aliphatic rings. The maximum absolute atomic E-state index is 11.8. The molecule has 0 atom stereocenters. The highest BCUT2D eigenvalue weighted by molar-refractivity contribution is 5.96. The molecule has 0 fully saturated rings. The van der Waals surface area contributed by atoms with Crippen LogP contribution in [0.25, 0.3) is 5.69 Å². The Morgan fingerprint density at radius 2 is 2.11 bits per heavy atom. The highest BCUT2D eigenvalue weighted by Gasteiger charge is 2.17. The van der Waals surface area contributed by atoms with Gasteiger partial charge in [-0.15, -0.1) is 0 Å². The van der Waals surface area contributed by atoms with E-state index < -0.39 is 0 Å². The molecular formula is C14H14N4O. The fraction of sp³-hybridized carbons (Fsp3) is 0.214. The van der Waals surface area contributed by atoms with Crippen molar-refractivity contribution in [1.82, 2.24) is 15.1 Å². The zero-order valence-corrected chi connectivity index (χ0v) is 10.8. The van der Waals surface area contributed by atoms with E-state index in [4.69, 9.17) is 0 Å². The van der Waals surface area contributed by atoms with Gasteiger partial charge in [0.05, 0.1) is 17.4 Å². The standard InChI is InChI=1S/C14H14N4O/c1-3-16-14(19)12-9-17-18(13(12)8-15)11-6-4-10(2)5-7-11/h4-7,9H,3H2,1-2H3,(H,16,19). The molecule has 1 N–H and O–H groups in total. The van der Waals surface area contributed by atoms with Crippen molar-refractivity contribution in [3.63, 3.8) is 0 Å². The topological polar surface area (TPSA) is 70.7 Å². The van der Waals surface area contributed by atoms with Gasteiger partial charge in [0, 0.05) is 6.54 Å². The number of amides is 1. The second kappa shape index (κ2) is 5.36. The lowest BCUT2D eigenvalue weighted by molar-refractivity contribution is 0.0955. The molecule has 0 radical (unpaired) electrons. The predicted octanol–water partition coefficient (Wildman–Crippen LogP) is 1.80. The van der Waals surface area contributed by atoms with Gasteiger partial charge in [-0.3, -0.25) is 4.79 Å². The largest absolute Gasteiger partial charge is 0.352 e. The van der Waals surface area contributed by atoms with Crippen LogP contribution in [0.1, 0.15) is 28.5 Å². The molecule has 5 heteroatoms. The number of hydrogen-bond donors (Lipinski definition) is 1. The summed E-state index contributed by atoms with van der Waals surface area (Å²) in [5, 5.41) is 16.0. The van der Waals surface area contributed by atoms with Crippen LogP contribution in [0.4, 0.5) is 0 Å². The number of nitrogens with one attached hydrogen (secondary N) is 1. The van der Waals surface area contributed by atoms with Crippen molar-refractivity contribution in [1.29, 1.82) is 5.26 Å². The first kappa shape index (κ1) is 12.8. The van der Waals surface area contributed by atoms with E-state index in [0.29, 0.717) is 12.1 Å². The van der Waals surface area contributed by atoms with Crippen LogP contribution in [-0.2, 0) is 0 Å². The predicted molar refractivity (Wildman–Crippen MR) is 71.0 cm³/mol. The molecule has 5 nitrogen and oxygen atoms in total. The van der Waals surface area contributed by atoms with Crippen molar-refractivity contribution >= 4 is 5.91 Å². The fourth-order valence-electron chi connectivity index (χ4n) is 1.76. The minimum atomic E-state index is -0.280. The van der Waals surface area contributed by atoms with Gasteiger partial charge in [0.15, 0.2) is 5.69 Å². The minimum Gasteiger partial charge on any atom is -0.352 e. The molecule has 2 rings (SSSR count). The van der Waals surface area contributed by atoms with Crippen molar-refractivity contribution in [3.8, 4) is 11.8 Å². The molecule has 0 bridgehead atoms. The summed E-state index contributed by atoms with van der Waals surface area (Å²) in [7, 11) is 0. The molecule has 0 spiro atoms. The highest BCUT2D eigenvalue weighted by atomic mass is 16.1. The van der Waals surface area contributed by atoms with Crippen LogP contribution in [0.5, 0.6) is 0 Å². The Hall–Kier alpha value is -2.61. The SMILES string of the molecule is CCNC(=O)c1cnn(-c2ccc(C)cc2)c1C#N. The molecule has 19 heavy (non-hydrogen) atoms. The van der Waals surface area contributed by atoms with Crippen molar-refractivity contribution in [2.24, 2.45) is 0 Å². The van der Waals surface area contributed by atoms with Gasteiger partial charge >= 0.3 is 0 Å². The Morgan fingerprint density at radius 1 is 1.42 bits per heavy atom. The first-order valence-corrected chi connectivity index (χ1v) is 6.00. The van der Waals surface area contributed by atoms with Crippen LogP contribution >= 0.6 is 0 Å². The quantitative estimate of drug-likeness (QED) is 0.907. The molecule has 0 saturated carbocycles. The number of hydrogen-bond acceptors (Lipinski definition) is 3. The molecule has 0 aliphatic heterocycles. The molecule has 1 amide bonds. The number of carbonyl (C=O) groups is 1. The number of nitriles is 1. The average molecular weight is 254 g/mol. The minimum absolute atomic E-state index is 0.245. The smallest absolute Gasteiger partial charge is 0.255 e. The molecule has 1 aromatic heterocycles. The molecule has 0 saturated heterocycles. The lowest BCUT2D eigenvalue weighted by Crippen LogP contribution is -2.23. The average Bonchev–Trinajstić information content (AvgIpc) is 2.83. The molecule has 2 aromatic rings. The van der Waals surface area contributed by atoms with Gasteiger partial charge in [-0.1, -0.05) is 17.7 Å². The summed E-state index contributed by atoms with van der Waals surface area (Å²) in [6.45, 7) is 4.33. The van der Waals surface area contributed by atoms with Gasteiger partial charge in [0.25, 0.3) is 5.91 Å². The zero-order chi connectivity index (χ0) is 13.8. The Labute approximate surface area is 111 Å². The number of nitrogens with zero attached hydrogens (tertiary/aromatic N) is 3. The van der Waals surface area contributed by atoms with E-state index in [1.165, 1.54) is 10.9 Å². The van der Waals surface area contributed by atoms with E-state index in [2.05, 4.69) is 10.4 Å². The van der Waals surface area contributed by atoms with Gasteiger partial charge in [-0.25, -0.2) is 4.68 Å². The summed E-state index contributed by atoms with van der Waals surface area (Å²) in [5.41, 5.74) is 2.43. The van der Waals surface area contributed by atoms with Crippen LogP contribution in [-0.4, -0.2) is 22.2 Å². The van der Waals surface area contributed by atoms with Gasteiger partial charge in [0.1, 0.15) is 6.07 Å². The normalized spacial score (nSPS) is 9.95. The first-order chi connectivity index (χ1) is 9.17. The molecular weight excluding hydrogens is 240 g/mol. The monoisotopic (exact) mass is 254 g/mol. The Bertz CT molecular complexity index is 634. The second-order valence-corrected chi connectivity index (χ2v) is 4.13. The summed E-state index contributed by atoms with van der Waals surface area (Å²) in [5.74, 6) is -0.280. The Balaban J connectivity index is 2.46. The van der Waals surface area contributed by atoms with Crippen molar-refractivity contribution < 1.29 is 4.79 Å². The van der Waals surface area contributed by atoms with Crippen LogP contribution in [0.15, 0.2) is 30.5 Å². The summed E-state index contributed by atoms with van der Waals surface area (Å²) in [4.78, 5) is 11.8. The summed E-state index contributed by atoms with van der Waals surface area (Å²) >= 11 is 0. The van der Waals surface area contributed by atoms with Crippen LogP contribution in [0.2, 0.25) is 0 Å². The Morgan fingerprint density at radius 3 is 2.68 bits per heavy atom. The summed E-state index contributed by atoms with van der Waals surface area (Å²) < 4.78 is 1.48. The molecule has 0 aliphatic carbocycles. The number of rotatable bonds is 3. The molecule has 1 aromatic carbocycles. The van der Waals surface area contributed by atoms with Gasteiger partial charge in [-0.2, -0.15) is 10.4 Å². The van der Waals surface area contributed by atoms with Crippen LogP contribution in [0.3, 0.4) is 0 Å². The number of aromatic nitrogens is 2. The van der Waals surface area contributed by atoms with E-state index in [1.807, 2.05) is 44.2 Å². The third kappa shape index (κ3) is 2.47. The van der Waals surface area contributed by atoms with Gasteiger partial charge < -0.3 is 5.32 Å². The lowest BCUT2D eigenvalue weighted by atomic mass is 10.2. The maximum Gasteiger partial charge on any atom is 0.255 e. The van der Waals surface area contributed by atoms with Gasteiger partial charge in [-0.05, 0) is 26.0 Å². The van der Waals surface area contributed by atoms with E-state index in [0.717, 1.165) is 11.3 Å². The number of benzene rings is 1. The van der Waals surface area contributed by atoms with E-state index in [9.17, 15) is 10.1 Å². The fourth-order valence-corrected chi connectivity index (χ4v) is 1.76. The zero-order valence-electron chi connectivity index (χ0n) is 10.8. The highest BCUT2D eigenvalue weighted by Crippen LogP contribution is 2.15. The summed E-state index contributed by atoms with van der Waals surface area (Å²) in [6, 6.07) is 9.64. The molecule has 1 heterocycles. The van der Waals surface area contributed by atoms with E-state index in [1.54, 1.807) is 0 Å². The Kier molecular flexibility index (Phi) is 3.62. The van der Waals surface area contributed by atoms with Gasteiger partial charge in [0.2, 0.25) is 0 Å². The summed E-state index contributed by atoms with van der Waals surface area (Å²) in [6.07, 6.45) is 1.42. The molecule has 0 unspecified atom stereocenters. The maximum atomic E-state index is 11.8. The van der Waals surface area contributed by atoms with E-state index in [-0.39, 0.29) is 11.6 Å². The number of aryl methyl sites for hydroxylation is 1.